The maximum Gasteiger partial charge on any atom is 0.253 e. The molecule has 8 heteroatoms. The first kappa shape index (κ1) is 26.2. The number of hydrogen-bond donors (Lipinski definition) is 1. The third kappa shape index (κ3) is 5.15. The Morgan fingerprint density at radius 1 is 1.11 bits per heavy atom. The number of nitrogen functional groups attached to an aromatic ring is 1. The van der Waals surface area contributed by atoms with Gasteiger partial charge < -0.3 is 15.4 Å². The summed E-state index contributed by atoms with van der Waals surface area (Å²) in [5.41, 5.74) is 11.8. The Labute approximate surface area is 219 Å². The van der Waals surface area contributed by atoms with Crippen LogP contribution in [0.1, 0.15) is 45.8 Å². The molecular weight excluding hydrogens is 464 g/mol. The number of piperidine rings is 1. The third-order valence-electron chi connectivity index (χ3n) is 7.21. The molecule has 1 aliphatic rings. The highest BCUT2D eigenvalue weighted by Crippen LogP contribution is 2.38. The van der Waals surface area contributed by atoms with Crippen LogP contribution in [0.4, 0.5) is 11.6 Å². The van der Waals surface area contributed by atoms with E-state index in [0.717, 1.165) is 59.6 Å². The van der Waals surface area contributed by atoms with Crippen LogP contribution < -0.4 is 15.5 Å². The number of carbonyl (C=O) groups is 1. The number of benzene rings is 1. The second-order valence-corrected chi connectivity index (χ2v) is 9.59. The van der Waals surface area contributed by atoms with Gasteiger partial charge in [0.2, 0.25) is 0 Å². The van der Waals surface area contributed by atoms with Crippen LogP contribution in [-0.4, -0.2) is 67.1 Å². The Morgan fingerprint density at radius 3 is 2.38 bits per heavy atom. The van der Waals surface area contributed by atoms with Gasteiger partial charge in [-0.3, -0.25) is 9.80 Å². The summed E-state index contributed by atoms with van der Waals surface area (Å²) in [5, 5.41) is 4.46. The Morgan fingerprint density at radius 2 is 1.78 bits per heavy atom. The molecule has 1 amide bonds. The maximum absolute atomic E-state index is 12.2. The highest BCUT2D eigenvalue weighted by Gasteiger charge is 2.26. The van der Waals surface area contributed by atoms with Crippen LogP contribution in [0, 0.1) is 6.92 Å². The van der Waals surface area contributed by atoms with E-state index >= 15 is 0 Å². The molecule has 2 N–H and O–H groups in total. The maximum atomic E-state index is 12.2. The number of rotatable bonds is 7. The number of carbonyl (C=O) groups excluding carboxylic acids is 1. The molecule has 4 rings (SSSR count). The van der Waals surface area contributed by atoms with E-state index in [0.29, 0.717) is 17.5 Å². The van der Waals surface area contributed by atoms with E-state index in [1.54, 1.807) is 32.3 Å². The fraction of sp³-hybridized carbons (Fsp3) is 0.345. The van der Waals surface area contributed by atoms with Gasteiger partial charge in [-0.25, -0.2) is 15.0 Å². The summed E-state index contributed by atoms with van der Waals surface area (Å²) in [6.45, 7) is 7.87. The first-order chi connectivity index (χ1) is 17.8. The number of aromatic nitrogens is 2. The molecule has 0 atom stereocenters. The minimum absolute atomic E-state index is 0.0270. The number of hydrazine groups is 1. The topological polar surface area (TPSA) is 87.8 Å². The van der Waals surface area contributed by atoms with Gasteiger partial charge >= 0.3 is 0 Å². The summed E-state index contributed by atoms with van der Waals surface area (Å²) in [6, 6.07) is 10.0. The SMILES string of the molecule is C=Cc1c(-c2cnc(N)c(OC)c2C)ccnc1N(C)N1CCC(c2ccc(C(=O)N(C)C)cc2)CC1. The summed E-state index contributed by atoms with van der Waals surface area (Å²) >= 11 is 0. The third-order valence-corrected chi connectivity index (χ3v) is 7.21. The van der Waals surface area contributed by atoms with E-state index in [2.05, 4.69) is 40.8 Å². The van der Waals surface area contributed by atoms with Gasteiger partial charge in [0.15, 0.2) is 17.4 Å². The van der Waals surface area contributed by atoms with E-state index in [-0.39, 0.29) is 5.91 Å². The van der Waals surface area contributed by atoms with Crippen molar-refractivity contribution in [3.63, 3.8) is 0 Å². The van der Waals surface area contributed by atoms with E-state index in [1.165, 1.54) is 5.56 Å². The summed E-state index contributed by atoms with van der Waals surface area (Å²) in [5.74, 6) is 2.28. The van der Waals surface area contributed by atoms with Crippen LogP contribution in [0.3, 0.4) is 0 Å². The summed E-state index contributed by atoms with van der Waals surface area (Å²) in [7, 11) is 7.20. The quantitative estimate of drug-likeness (QED) is 0.506. The standard InChI is InChI=1S/C29H36N6O2/c1-7-23-24(25-18-32-27(30)26(37-6)19(25)2)12-15-31-28(23)34(5)35-16-13-21(14-17-35)20-8-10-22(11-9-20)29(36)33(3)4/h7-12,15,18,21H,1,13-14,16-17H2,2-6H3,(H2,30,32). The molecule has 1 aromatic carbocycles. The lowest BCUT2D eigenvalue weighted by molar-refractivity contribution is 0.0827. The van der Waals surface area contributed by atoms with Crippen LogP contribution in [0.5, 0.6) is 5.75 Å². The zero-order valence-electron chi connectivity index (χ0n) is 22.4. The number of methoxy groups -OCH3 is 1. The van der Waals surface area contributed by atoms with Gasteiger partial charge in [0.1, 0.15) is 0 Å². The summed E-state index contributed by atoms with van der Waals surface area (Å²) in [6.07, 6.45) is 7.49. The van der Waals surface area contributed by atoms with E-state index in [1.807, 2.05) is 37.4 Å². The van der Waals surface area contributed by atoms with Crippen LogP contribution >= 0.6 is 0 Å². The lowest BCUT2D eigenvalue weighted by atomic mass is 9.89. The molecule has 0 bridgehead atoms. The minimum atomic E-state index is 0.0270. The molecule has 37 heavy (non-hydrogen) atoms. The zero-order chi connectivity index (χ0) is 26.7. The first-order valence-corrected chi connectivity index (χ1v) is 12.5. The lowest BCUT2D eigenvalue weighted by Crippen LogP contribution is -2.45. The largest absolute Gasteiger partial charge is 0.493 e. The molecule has 0 unspecified atom stereocenters. The molecular formula is C29H36N6O2. The van der Waals surface area contributed by atoms with Gasteiger partial charge in [-0.05, 0) is 55.0 Å². The molecule has 2 aromatic heterocycles. The molecule has 0 spiro atoms. The van der Waals surface area contributed by atoms with Crippen molar-refractivity contribution in [3.8, 4) is 16.9 Å². The van der Waals surface area contributed by atoms with Crippen LogP contribution in [0.25, 0.3) is 17.2 Å². The molecule has 1 fully saturated rings. The Bertz CT molecular complexity index is 1280. The van der Waals surface area contributed by atoms with Gasteiger partial charge in [-0.2, -0.15) is 0 Å². The molecule has 0 saturated carbocycles. The van der Waals surface area contributed by atoms with Crippen molar-refractivity contribution in [2.24, 2.45) is 0 Å². The zero-order valence-corrected chi connectivity index (χ0v) is 22.4. The molecule has 3 aromatic rings. The van der Waals surface area contributed by atoms with Crippen LogP contribution in [0.2, 0.25) is 0 Å². The molecule has 0 radical (unpaired) electrons. The van der Waals surface area contributed by atoms with Crippen molar-refractivity contribution in [1.82, 2.24) is 19.9 Å². The highest BCUT2D eigenvalue weighted by atomic mass is 16.5. The molecule has 1 saturated heterocycles. The lowest BCUT2D eigenvalue weighted by Gasteiger charge is -2.39. The monoisotopic (exact) mass is 500 g/mol. The average molecular weight is 501 g/mol. The smallest absolute Gasteiger partial charge is 0.253 e. The van der Waals surface area contributed by atoms with Crippen molar-refractivity contribution in [3.05, 3.63) is 71.6 Å². The van der Waals surface area contributed by atoms with Gasteiger partial charge in [-0.1, -0.05) is 24.8 Å². The van der Waals surface area contributed by atoms with Gasteiger partial charge in [0.05, 0.1) is 7.11 Å². The Balaban J connectivity index is 1.52. The number of hydrogen-bond acceptors (Lipinski definition) is 7. The minimum Gasteiger partial charge on any atom is -0.493 e. The Kier molecular flexibility index (Phi) is 7.78. The van der Waals surface area contributed by atoms with Crippen molar-refractivity contribution < 1.29 is 9.53 Å². The van der Waals surface area contributed by atoms with Gasteiger partial charge in [0, 0.05) is 68.9 Å². The van der Waals surface area contributed by atoms with Crippen molar-refractivity contribution in [2.75, 3.05) is 52.1 Å². The van der Waals surface area contributed by atoms with Crippen LogP contribution in [-0.2, 0) is 0 Å². The second-order valence-electron chi connectivity index (χ2n) is 9.59. The molecule has 0 aliphatic carbocycles. The predicted molar refractivity (Wildman–Crippen MR) is 150 cm³/mol. The van der Waals surface area contributed by atoms with E-state index in [9.17, 15) is 4.79 Å². The molecule has 3 heterocycles. The number of nitrogens with two attached hydrogens (primary N) is 1. The molecule has 194 valence electrons. The normalized spacial score (nSPS) is 14.3. The predicted octanol–water partition coefficient (Wildman–Crippen LogP) is 4.62. The fourth-order valence-electron chi connectivity index (χ4n) is 5.08. The number of amides is 1. The van der Waals surface area contributed by atoms with E-state index in [4.69, 9.17) is 15.5 Å². The van der Waals surface area contributed by atoms with Gasteiger partial charge in [0.25, 0.3) is 5.91 Å². The second kappa shape index (κ2) is 11.0. The molecule has 1 aliphatic heterocycles. The van der Waals surface area contributed by atoms with Crippen molar-refractivity contribution >= 4 is 23.6 Å². The molecule has 8 nitrogen and oxygen atoms in total. The average Bonchev–Trinajstić information content (AvgIpc) is 2.92. The van der Waals surface area contributed by atoms with Crippen LogP contribution in [0.15, 0.2) is 49.3 Å². The summed E-state index contributed by atoms with van der Waals surface area (Å²) in [4.78, 5) is 22.9. The summed E-state index contributed by atoms with van der Waals surface area (Å²) < 4.78 is 5.49. The van der Waals surface area contributed by atoms with Crippen molar-refractivity contribution in [1.29, 1.82) is 0 Å². The van der Waals surface area contributed by atoms with E-state index < -0.39 is 0 Å². The highest BCUT2D eigenvalue weighted by molar-refractivity contribution is 5.93. The number of nitrogens with zero attached hydrogens (tertiary/aromatic N) is 5. The Hall–Kier alpha value is -3.91. The number of ether oxygens (including phenoxy) is 1. The van der Waals surface area contributed by atoms with Gasteiger partial charge in [-0.15, -0.1) is 0 Å². The first-order valence-electron chi connectivity index (χ1n) is 12.5. The number of anilines is 2. The fourth-order valence-corrected chi connectivity index (χ4v) is 5.08. The van der Waals surface area contributed by atoms with Crippen molar-refractivity contribution in [2.45, 2.75) is 25.7 Å². The number of pyridine rings is 2.